The molecule has 0 aliphatic rings. The third kappa shape index (κ3) is 2.35. The summed E-state index contributed by atoms with van der Waals surface area (Å²) in [5, 5.41) is 4.19. The van der Waals surface area contributed by atoms with Gasteiger partial charge in [0, 0.05) is 17.1 Å². The van der Waals surface area contributed by atoms with Gasteiger partial charge in [0.15, 0.2) is 5.13 Å². The summed E-state index contributed by atoms with van der Waals surface area (Å²) in [6.45, 7) is 7.85. The van der Waals surface area contributed by atoms with Crippen LogP contribution in [-0.4, -0.2) is 11.0 Å². The minimum absolute atomic E-state index is 0.443. The zero-order valence-corrected chi connectivity index (χ0v) is 7.61. The maximum absolute atomic E-state index is 4.16. The number of nitrogens with zero attached hydrogens (tertiary/aromatic N) is 1. The molecule has 0 radical (unpaired) electrons. The van der Waals surface area contributed by atoms with E-state index in [2.05, 4.69) is 30.7 Å². The fraction of sp³-hybridized carbons (Fsp3) is 0.375. The van der Waals surface area contributed by atoms with Crippen molar-refractivity contribution in [2.24, 2.45) is 0 Å². The molecule has 0 atom stereocenters. The summed E-state index contributed by atoms with van der Waals surface area (Å²) >= 11 is 1.62. The Morgan fingerprint density at radius 3 is 2.91 bits per heavy atom. The molecule has 0 saturated heterocycles. The number of thiazole rings is 1. The van der Waals surface area contributed by atoms with Crippen molar-refractivity contribution < 1.29 is 0 Å². The number of nitrogens with one attached hydrogen (secondary N) is 1. The van der Waals surface area contributed by atoms with Gasteiger partial charge in [-0.2, -0.15) is 0 Å². The molecule has 0 unspecified atom stereocenters. The van der Waals surface area contributed by atoms with E-state index in [9.17, 15) is 0 Å². The van der Waals surface area contributed by atoms with Crippen LogP contribution in [0.15, 0.2) is 12.8 Å². The van der Waals surface area contributed by atoms with Crippen molar-refractivity contribution in [3.8, 4) is 0 Å². The number of rotatable bonds is 3. The van der Waals surface area contributed by atoms with Crippen molar-refractivity contribution in [1.29, 1.82) is 0 Å². The van der Waals surface area contributed by atoms with Gasteiger partial charge in [-0.15, -0.1) is 0 Å². The second-order valence-corrected chi connectivity index (χ2v) is 3.63. The molecule has 1 aromatic rings. The van der Waals surface area contributed by atoms with Gasteiger partial charge in [0.1, 0.15) is 0 Å². The van der Waals surface area contributed by atoms with E-state index >= 15 is 0 Å². The summed E-state index contributed by atoms with van der Waals surface area (Å²) in [5.41, 5.74) is 0. The first kappa shape index (κ1) is 8.27. The van der Waals surface area contributed by atoms with Gasteiger partial charge in [0.05, 0.1) is 0 Å². The molecule has 1 heterocycles. The average molecular weight is 168 g/mol. The molecular formula is C8H12N2S. The number of aromatic nitrogens is 1. The first-order valence-electron chi connectivity index (χ1n) is 3.57. The third-order valence-corrected chi connectivity index (χ3v) is 2.06. The molecule has 60 valence electrons. The van der Waals surface area contributed by atoms with Crippen molar-refractivity contribution in [1.82, 2.24) is 4.98 Å². The molecule has 0 amide bonds. The lowest BCUT2D eigenvalue weighted by molar-refractivity contribution is 0.896. The highest BCUT2D eigenvalue weighted by molar-refractivity contribution is 7.16. The smallest absolute Gasteiger partial charge is 0.183 e. The summed E-state index contributed by atoms with van der Waals surface area (Å²) in [6, 6.07) is 0.443. The van der Waals surface area contributed by atoms with E-state index in [-0.39, 0.29) is 0 Å². The van der Waals surface area contributed by atoms with E-state index in [1.54, 1.807) is 11.3 Å². The minimum atomic E-state index is 0.443. The molecule has 1 N–H and O–H groups in total. The Kier molecular flexibility index (Phi) is 2.65. The summed E-state index contributed by atoms with van der Waals surface area (Å²) < 4.78 is 0. The van der Waals surface area contributed by atoms with Crippen molar-refractivity contribution in [3.63, 3.8) is 0 Å². The van der Waals surface area contributed by atoms with Crippen LogP contribution < -0.4 is 5.32 Å². The zero-order chi connectivity index (χ0) is 8.27. The molecule has 1 rings (SSSR count). The molecule has 1 aromatic heterocycles. The van der Waals surface area contributed by atoms with Crippen LogP contribution in [0.4, 0.5) is 5.13 Å². The highest BCUT2D eigenvalue weighted by atomic mass is 32.1. The molecule has 0 bridgehead atoms. The molecule has 0 aliphatic carbocycles. The van der Waals surface area contributed by atoms with Crippen LogP contribution >= 0.6 is 11.3 Å². The Morgan fingerprint density at radius 2 is 2.45 bits per heavy atom. The van der Waals surface area contributed by atoms with Crippen LogP contribution in [0.1, 0.15) is 18.7 Å². The maximum atomic E-state index is 4.16. The molecule has 0 fully saturated rings. The fourth-order valence-electron chi connectivity index (χ4n) is 0.695. The predicted octanol–water partition coefficient (Wildman–Crippen LogP) is 2.61. The lowest BCUT2D eigenvalue weighted by Gasteiger charge is -2.03. The largest absolute Gasteiger partial charge is 0.359 e. The Hall–Kier alpha value is -0.830. The Labute approximate surface area is 71.0 Å². The SMILES string of the molecule is C=Cc1cnc(NC(C)C)s1. The van der Waals surface area contributed by atoms with Gasteiger partial charge >= 0.3 is 0 Å². The van der Waals surface area contributed by atoms with Crippen LogP contribution in [0, 0.1) is 0 Å². The Balaban J connectivity index is 2.65. The van der Waals surface area contributed by atoms with Crippen LogP contribution in [0.3, 0.4) is 0 Å². The standard InChI is InChI=1S/C8H12N2S/c1-4-7-5-9-8(11-7)10-6(2)3/h4-6H,1H2,2-3H3,(H,9,10). The molecule has 0 saturated carbocycles. The van der Waals surface area contributed by atoms with E-state index in [4.69, 9.17) is 0 Å². The van der Waals surface area contributed by atoms with Crippen molar-refractivity contribution in [2.45, 2.75) is 19.9 Å². The van der Waals surface area contributed by atoms with Gasteiger partial charge in [0.2, 0.25) is 0 Å². The van der Waals surface area contributed by atoms with E-state index < -0.39 is 0 Å². The molecule has 0 aliphatic heterocycles. The van der Waals surface area contributed by atoms with Crippen LogP contribution in [-0.2, 0) is 0 Å². The van der Waals surface area contributed by atoms with Crippen LogP contribution in [0.2, 0.25) is 0 Å². The number of hydrogen-bond donors (Lipinski definition) is 1. The van der Waals surface area contributed by atoms with E-state index in [0.29, 0.717) is 6.04 Å². The number of hydrogen-bond acceptors (Lipinski definition) is 3. The lowest BCUT2D eigenvalue weighted by Crippen LogP contribution is -2.08. The van der Waals surface area contributed by atoms with Crippen LogP contribution in [0.25, 0.3) is 6.08 Å². The van der Waals surface area contributed by atoms with Crippen LogP contribution in [0.5, 0.6) is 0 Å². The molecule has 0 spiro atoms. The number of anilines is 1. The summed E-state index contributed by atoms with van der Waals surface area (Å²) in [7, 11) is 0. The maximum Gasteiger partial charge on any atom is 0.183 e. The van der Waals surface area contributed by atoms with E-state index in [1.807, 2.05) is 12.3 Å². The Bertz CT molecular complexity index is 240. The molecule has 0 aromatic carbocycles. The van der Waals surface area contributed by atoms with Gasteiger partial charge in [-0.3, -0.25) is 0 Å². The van der Waals surface area contributed by atoms with Crippen molar-refractivity contribution >= 4 is 22.5 Å². The van der Waals surface area contributed by atoms with Crippen molar-refractivity contribution in [3.05, 3.63) is 17.7 Å². The molecule has 2 nitrogen and oxygen atoms in total. The van der Waals surface area contributed by atoms with Gasteiger partial charge in [-0.1, -0.05) is 24.0 Å². The molecule has 11 heavy (non-hydrogen) atoms. The fourth-order valence-corrected chi connectivity index (χ4v) is 1.51. The molecule has 3 heteroatoms. The second kappa shape index (κ2) is 3.53. The first-order valence-corrected chi connectivity index (χ1v) is 4.39. The quantitative estimate of drug-likeness (QED) is 0.750. The van der Waals surface area contributed by atoms with Gasteiger partial charge in [0.25, 0.3) is 0 Å². The average Bonchev–Trinajstić information content (AvgIpc) is 2.34. The zero-order valence-electron chi connectivity index (χ0n) is 6.79. The first-order chi connectivity index (χ1) is 5.22. The predicted molar refractivity (Wildman–Crippen MR) is 51.0 cm³/mol. The van der Waals surface area contributed by atoms with E-state index in [1.165, 1.54) is 0 Å². The van der Waals surface area contributed by atoms with Crippen molar-refractivity contribution in [2.75, 3.05) is 5.32 Å². The second-order valence-electron chi connectivity index (χ2n) is 2.57. The Morgan fingerprint density at radius 1 is 1.73 bits per heavy atom. The van der Waals surface area contributed by atoms with Gasteiger partial charge in [-0.05, 0) is 13.8 Å². The highest BCUT2D eigenvalue weighted by Gasteiger charge is 1.98. The van der Waals surface area contributed by atoms with Gasteiger partial charge < -0.3 is 5.32 Å². The highest BCUT2D eigenvalue weighted by Crippen LogP contribution is 2.19. The topological polar surface area (TPSA) is 24.9 Å². The summed E-state index contributed by atoms with van der Waals surface area (Å²) in [5.74, 6) is 0. The van der Waals surface area contributed by atoms with E-state index in [0.717, 1.165) is 10.0 Å². The molecular weight excluding hydrogens is 156 g/mol. The normalized spacial score (nSPS) is 10.1. The summed E-state index contributed by atoms with van der Waals surface area (Å²) in [6.07, 6.45) is 3.63. The third-order valence-electron chi connectivity index (χ3n) is 1.14. The summed E-state index contributed by atoms with van der Waals surface area (Å²) in [4.78, 5) is 5.27. The lowest BCUT2D eigenvalue weighted by atomic mass is 10.4. The van der Waals surface area contributed by atoms with Gasteiger partial charge in [-0.25, -0.2) is 4.98 Å². The minimum Gasteiger partial charge on any atom is -0.359 e. The monoisotopic (exact) mass is 168 g/mol.